The molecule has 2 aromatic rings. The predicted molar refractivity (Wildman–Crippen MR) is 98.2 cm³/mol. The van der Waals surface area contributed by atoms with E-state index in [-0.39, 0.29) is 6.61 Å². The standard InChI is InChI=1S/C19H18N4O4/c1-26-17-9-13(7-8-16(17)27-12-18(21)24)11-22-23-19(25)15(10-20)14-5-3-2-4-6-14/h2-9,11,15H,12H2,1H3,(H2,21,24)(H,23,25)/b22-11-/t15-/m1/s1. The summed E-state index contributed by atoms with van der Waals surface area (Å²) in [6.07, 6.45) is 1.40. The van der Waals surface area contributed by atoms with Gasteiger partial charge in [-0.25, -0.2) is 5.43 Å². The molecule has 0 aliphatic carbocycles. The number of nitrogens with one attached hydrogen (secondary N) is 1. The number of rotatable bonds is 8. The molecule has 0 radical (unpaired) electrons. The number of methoxy groups -OCH3 is 1. The number of nitrogens with two attached hydrogens (primary N) is 1. The third kappa shape index (κ3) is 5.57. The first-order valence-corrected chi connectivity index (χ1v) is 7.91. The van der Waals surface area contributed by atoms with Crippen LogP contribution in [0.15, 0.2) is 53.6 Å². The molecule has 0 aliphatic heterocycles. The van der Waals surface area contributed by atoms with Crippen LogP contribution < -0.4 is 20.6 Å². The van der Waals surface area contributed by atoms with Gasteiger partial charge in [-0.3, -0.25) is 9.59 Å². The lowest BCUT2D eigenvalue weighted by atomic mass is 10.0. The average molecular weight is 366 g/mol. The van der Waals surface area contributed by atoms with Gasteiger partial charge in [-0.05, 0) is 29.3 Å². The van der Waals surface area contributed by atoms with Crippen LogP contribution in [0, 0.1) is 11.3 Å². The van der Waals surface area contributed by atoms with Crippen molar-refractivity contribution in [3.63, 3.8) is 0 Å². The van der Waals surface area contributed by atoms with Crippen LogP contribution in [-0.2, 0) is 9.59 Å². The zero-order valence-electron chi connectivity index (χ0n) is 14.6. The van der Waals surface area contributed by atoms with Crippen molar-refractivity contribution in [3.05, 3.63) is 59.7 Å². The molecule has 0 saturated carbocycles. The number of carbonyl (C=O) groups is 2. The van der Waals surface area contributed by atoms with Crippen LogP contribution in [0.25, 0.3) is 0 Å². The third-order valence-corrected chi connectivity index (χ3v) is 3.47. The van der Waals surface area contributed by atoms with Crippen molar-refractivity contribution in [2.24, 2.45) is 10.8 Å². The second-order valence-electron chi connectivity index (χ2n) is 5.37. The van der Waals surface area contributed by atoms with Gasteiger partial charge < -0.3 is 15.2 Å². The van der Waals surface area contributed by atoms with Gasteiger partial charge in [0, 0.05) is 0 Å². The molecule has 0 saturated heterocycles. The van der Waals surface area contributed by atoms with Gasteiger partial charge in [0.2, 0.25) is 0 Å². The van der Waals surface area contributed by atoms with Crippen molar-refractivity contribution >= 4 is 18.0 Å². The van der Waals surface area contributed by atoms with Crippen molar-refractivity contribution in [1.29, 1.82) is 5.26 Å². The lowest BCUT2D eigenvalue weighted by molar-refractivity contribution is -0.121. The fourth-order valence-electron chi connectivity index (χ4n) is 2.20. The molecule has 2 rings (SSSR count). The second kappa shape index (κ2) is 9.58. The molecule has 27 heavy (non-hydrogen) atoms. The summed E-state index contributed by atoms with van der Waals surface area (Å²) in [7, 11) is 1.45. The van der Waals surface area contributed by atoms with Gasteiger partial charge in [-0.1, -0.05) is 30.3 Å². The maximum absolute atomic E-state index is 12.2. The van der Waals surface area contributed by atoms with Crippen LogP contribution in [-0.4, -0.2) is 31.7 Å². The Hall–Kier alpha value is -3.86. The van der Waals surface area contributed by atoms with E-state index in [0.717, 1.165) is 0 Å². The number of hydrazone groups is 1. The number of carbonyl (C=O) groups excluding carboxylic acids is 2. The summed E-state index contributed by atoms with van der Waals surface area (Å²) >= 11 is 0. The molecule has 0 unspecified atom stereocenters. The molecular weight excluding hydrogens is 348 g/mol. The number of benzene rings is 2. The van der Waals surface area contributed by atoms with E-state index < -0.39 is 17.7 Å². The predicted octanol–water partition coefficient (Wildman–Crippen LogP) is 1.32. The highest BCUT2D eigenvalue weighted by Crippen LogP contribution is 2.27. The molecule has 0 heterocycles. The molecule has 0 spiro atoms. The highest BCUT2D eigenvalue weighted by Gasteiger charge is 2.19. The molecular formula is C19H18N4O4. The minimum Gasteiger partial charge on any atom is -0.493 e. The van der Waals surface area contributed by atoms with Gasteiger partial charge in [0.15, 0.2) is 24.0 Å². The summed E-state index contributed by atoms with van der Waals surface area (Å²) in [5.74, 6) is -1.36. The lowest BCUT2D eigenvalue weighted by Crippen LogP contribution is -2.24. The maximum atomic E-state index is 12.2. The number of primary amides is 1. The molecule has 1 atom stereocenters. The van der Waals surface area contributed by atoms with Crippen LogP contribution >= 0.6 is 0 Å². The molecule has 0 fully saturated rings. The first kappa shape index (κ1) is 19.5. The van der Waals surface area contributed by atoms with Crippen LogP contribution in [0.4, 0.5) is 0 Å². The minimum absolute atomic E-state index is 0.269. The smallest absolute Gasteiger partial charge is 0.261 e. The normalized spacial score (nSPS) is 11.4. The topological polar surface area (TPSA) is 127 Å². The monoisotopic (exact) mass is 366 g/mol. The maximum Gasteiger partial charge on any atom is 0.261 e. The van der Waals surface area contributed by atoms with Crippen LogP contribution in [0.1, 0.15) is 17.0 Å². The van der Waals surface area contributed by atoms with Crippen LogP contribution in [0.3, 0.4) is 0 Å². The number of amides is 2. The number of ether oxygens (including phenoxy) is 2. The molecule has 0 aromatic heterocycles. The largest absolute Gasteiger partial charge is 0.493 e. The Bertz CT molecular complexity index is 875. The van der Waals surface area contributed by atoms with E-state index in [1.165, 1.54) is 13.3 Å². The van der Waals surface area contributed by atoms with E-state index in [4.69, 9.17) is 15.2 Å². The molecule has 138 valence electrons. The quantitative estimate of drug-likeness (QED) is 0.538. The Morgan fingerprint density at radius 3 is 2.63 bits per heavy atom. The summed E-state index contributed by atoms with van der Waals surface area (Å²) in [6, 6.07) is 15.5. The average Bonchev–Trinajstić information content (AvgIpc) is 2.68. The lowest BCUT2D eigenvalue weighted by Gasteiger charge is -2.10. The van der Waals surface area contributed by atoms with E-state index in [9.17, 15) is 14.9 Å². The molecule has 3 N–H and O–H groups in total. The molecule has 2 aromatic carbocycles. The van der Waals surface area contributed by atoms with E-state index in [1.807, 2.05) is 6.07 Å². The molecule has 8 heteroatoms. The van der Waals surface area contributed by atoms with Crippen molar-refractivity contribution in [1.82, 2.24) is 5.43 Å². The summed E-state index contributed by atoms with van der Waals surface area (Å²) in [5, 5.41) is 13.1. The summed E-state index contributed by atoms with van der Waals surface area (Å²) in [4.78, 5) is 23.0. The van der Waals surface area contributed by atoms with Crippen LogP contribution in [0.2, 0.25) is 0 Å². The van der Waals surface area contributed by atoms with Gasteiger partial charge in [0.05, 0.1) is 19.4 Å². The summed E-state index contributed by atoms with van der Waals surface area (Å²) < 4.78 is 10.4. The first-order chi connectivity index (χ1) is 13.0. The number of nitrogens with zero attached hydrogens (tertiary/aromatic N) is 2. The van der Waals surface area contributed by atoms with Gasteiger partial charge in [-0.15, -0.1) is 0 Å². The Labute approximate surface area is 156 Å². The Kier molecular flexibility index (Phi) is 6.91. The number of hydrogen-bond acceptors (Lipinski definition) is 6. The summed E-state index contributed by atoms with van der Waals surface area (Å²) in [5.41, 5.74) is 8.60. The van der Waals surface area contributed by atoms with E-state index in [0.29, 0.717) is 22.6 Å². The minimum atomic E-state index is -0.956. The van der Waals surface area contributed by atoms with Gasteiger partial charge in [-0.2, -0.15) is 10.4 Å². The fraction of sp³-hybridized carbons (Fsp3) is 0.158. The van der Waals surface area contributed by atoms with Gasteiger partial charge >= 0.3 is 0 Å². The van der Waals surface area contributed by atoms with Crippen molar-refractivity contribution in [2.75, 3.05) is 13.7 Å². The molecule has 2 amide bonds. The Morgan fingerprint density at radius 1 is 1.26 bits per heavy atom. The number of hydrogen-bond donors (Lipinski definition) is 2. The first-order valence-electron chi connectivity index (χ1n) is 7.91. The third-order valence-electron chi connectivity index (χ3n) is 3.47. The van der Waals surface area contributed by atoms with E-state index >= 15 is 0 Å². The van der Waals surface area contributed by atoms with E-state index in [2.05, 4.69) is 10.5 Å². The Morgan fingerprint density at radius 2 is 2.00 bits per heavy atom. The molecule has 8 nitrogen and oxygen atoms in total. The fourth-order valence-corrected chi connectivity index (χ4v) is 2.20. The second-order valence-corrected chi connectivity index (χ2v) is 5.37. The van der Waals surface area contributed by atoms with Crippen LogP contribution in [0.5, 0.6) is 11.5 Å². The molecule has 0 aliphatic rings. The van der Waals surface area contributed by atoms with Gasteiger partial charge in [0.1, 0.15) is 0 Å². The zero-order valence-corrected chi connectivity index (χ0v) is 14.6. The number of nitriles is 1. The van der Waals surface area contributed by atoms with Crippen molar-refractivity contribution in [2.45, 2.75) is 5.92 Å². The summed E-state index contributed by atoms with van der Waals surface area (Å²) in [6.45, 7) is -0.269. The zero-order chi connectivity index (χ0) is 19.6. The Balaban J connectivity index is 2.04. The highest BCUT2D eigenvalue weighted by molar-refractivity contribution is 5.88. The van der Waals surface area contributed by atoms with E-state index in [1.54, 1.807) is 48.5 Å². The van der Waals surface area contributed by atoms with Crippen molar-refractivity contribution < 1.29 is 19.1 Å². The highest BCUT2D eigenvalue weighted by atomic mass is 16.5. The van der Waals surface area contributed by atoms with Crippen molar-refractivity contribution in [3.8, 4) is 17.6 Å². The van der Waals surface area contributed by atoms with Gasteiger partial charge in [0.25, 0.3) is 11.8 Å². The SMILES string of the molecule is COc1cc(/C=N\NC(=O)[C@H](C#N)c2ccccc2)ccc1OCC(N)=O. The molecule has 0 bridgehead atoms.